The van der Waals surface area contributed by atoms with Gasteiger partial charge in [0.25, 0.3) is 0 Å². The SMILES string of the molecule is Cc1cc(C(N)c2cccc(Cl)c2Cl)c(F)cc1F. The number of nitrogens with two attached hydrogens (primary N) is 1. The van der Waals surface area contributed by atoms with Gasteiger partial charge < -0.3 is 5.73 Å². The lowest BCUT2D eigenvalue weighted by atomic mass is 9.97. The Kier molecular flexibility index (Phi) is 4.09. The third-order valence-electron chi connectivity index (χ3n) is 2.93. The topological polar surface area (TPSA) is 26.0 Å². The zero-order valence-electron chi connectivity index (χ0n) is 10.1. The van der Waals surface area contributed by atoms with Crippen LogP contribution in [0.15, 0.2) is 30.3 Å². The van der Waals surface area contributed by atoms with Gasteiger partial charge in [0.1, 0.15) is 11.6 Å². The summed E-state index contributed by atoms with van der Waals surface area (Å²) in [7, 11) is 0. The fraction of sp³-hybridized carbons (Fsp3) is 0.143. The number of rotatable bonds is 2. The molecule has 0 fully saturated rings. The molecule has 0 heterocycles. The lowest BCUT2D eigenvalue weighted by Crippen LogP contribution is -2.15. The van der Waals surface area contributed by atoms with E-state index in [1.54, 1.807) is 25.1 Å². The van der Waals surface area contributed by atoms with E-state index in [-0.39, 0.29) is 10.6 Å². The van der Waals surface area contributed by atoms with Crippen molar-refractivity contribution >= 4 is 23.2 Å². The largest absolute Gasteiger partial charge is 0.320 e. The van der Waals surface area contributed by atoms with E-state index in [0.29, 0.717) is 16.1 Å². The Hall–Kier alpha value is -1.16. The molecule has 0 radical (unpaired) electrons. The number of halogens is 4. The molecule has 1 unspecified atom stereocenters. The summed E-state index contributed by atoms with van der Waals surface area (Å²) in [4.78, 5) is 0. The predicted molar refractivity (Wildman–Crippen MR) is 73.6 cm³/mol. The summed E-state index contributed by atoms with van der Waals surface area (Å²) < 4.78 is 27.0. The van der Waals surface area contributed by atoms with Crippen molar-refractivity contribution in [1.82, 2.24) is 0 Å². The number of hydrogen-bond donors (Lipinski definition) is 1. The van der Waals surface area contributed by atoms with Gasteiger partial charge in [0.05, 0.1) is 16.1 Å². The Labute approximate surface area is 119 Å². The van der Waals surface area contributed by atoms with Crippen LogP contribution >= 0.6 is 23.2 Å². The number of benzene rings is 2. The average Bonchev–Trinajstić information content (AvgIpc) is 2.36. The molecule has 0 aliphatic heterocycles. The molecule has 2 N–H and O–H groups in total. The lowest BCUT2D eigenvalue weighted by Gasteiger charge is -2.16. The number of hydrogen-bond acceptors (Lipinski definition) is 1. The first-order chi connectivity index (χ1) is 8.91. The first-order valence-electron chi connectivity index (χ1n) is 5.57. The number of aryl methyl sites for hydroxylation is 1. The van der Waals surface area contributed by atoms with Crippen LogP contribution in [0.1, 0.15) is 22.7 Å². The molecule has 0 amide bonds. The van der Waals surface area contributed by atoms with Crippen molar-refractivity contribution in [2.24, 2.45) is 5.73 Å². The minimum absolute atomic E-state index is 0.183. The van der Waals surface area contributed by atoms with Crippen molar-refractivity contribution < 1.29 is 8.78 Å². The Morgan fingerprint density at radius 2 is 1.74 bits per heavy atom. The first-order valence-corrected chi connectivity index (χ1v) is 6.32. The summed E-state index contributed by atoms with van der Waals surface area (Å²) in [5.41, 5.74) is 7.01. The van der Waals surface area contributed by atoms with E-state index in [1.807, 2.05) is 0 Å². The van der Waals surface area contributed by atoms with Gasteiger partial charge in [-0.15, -0.1) is 0 Å². The third kappa shape index (κ3) is 2.73. The van der Waals surface area contributed by atoms with Gasteiger partial charge in [0.15, 0.2) is 0 Å². The summed E-state index contributed by atoms with van der Waals surface area (Å²) in [6.45, 7) is 1.55. The van der Waals surface area contributed by atoms with Gasteiger partial charge in [0, 0.05) is 11.6 Å². The van der Waals surface area contributed by atoms with Crippen LogP contribution in [0.3, 0.4) is 0 Å². The van der Waals surface area contributed by atoms with E-state index in [4.69, 9.17) is 28.9 Å². The molecule has 1 atom stereocenters. The van der Waals surface area contributed by atoms with Crippen molar-refractivity contribution in [3.8, 4) is 0 Å². The molecule has 19 heavy (non-hydrogen) atoms. The van der Waals surface area contributed by atoms with Crippen molar-refractivity contribution in [3.05, 3.63) is 68.7 Å². The van der Waals surface area contributed by atoms with Crippen LogP contribution in [0, 0.1) is 18.6 Å². The van der Waals surface area contributed by atoms with Gasteiger partial charge in [-0.25, -0.2) is 8.78 Å². The highest BCUT2D eigenvalue weighted by Gasteiger charge is 2.19. The van der Waals surface area contributed by atoms with E-state index >= 15 is 0 Å². The second-order valence-corrected chi connectivity index (χ2v) is 5.03. The van der Waals surface area contributed by atoms with Gasteiger partial charge in [-0.1, -0.05) is 35.3 Å². The fourth-order valence-corrected chi connectivity index (χ4v) is 2.27. The maximum Gasteiger partial charge on any atom is 0.131 e. The molecule has 100 valence electrons. The quantitative estimate of drug-likeness (QED) is 0.860. The van der Waals surface area contributed by atoms with Gasteiger partial charge in [-0.3, -0.25) is 0 Å². The molecule has 0 saturated carbocycles. The maximum absolute atomic E-state index is 13.8. The smallest absolute Gasteiger partial charge is 0.131 e. The van der Waals surface area contributed by atoms with Crippen molar-refractivity contribution in [1.29, 1.82) is 0 Å². The molecule has 2 rings (SSSR count). The highest BCUT2D eigenvalue weighted by molar-refractivity contribution is 6.42. The van der Waals surface area contributed by atoms with E-state index in [1.165, 1.54) is 6.07 Å². The average molecular weight is 302 g/mol. The molecule has 0 spiro atoms. The molecule has 0 aliphatic rings. The molecular formula is C14H11Cl2F2N. The molecular weight excluding hydrogens is 291 g/mol. The van der Waals surface area contributed by atoms with Gasteiger partial charge in [-0.05, 0) is 30.2 Å². The Morgan fingerprint density at radius 1 is 1.05 bits per heavy atom. The zero-order valence-corrected chi connectivity index (χ0v) is 11.6. The van der Waals surface area contributed by atoms with Gasteiger partial charge >= 0.3 is 0 Å². The summed E-state index contributed by atoms with van der Waals surface area (Å²) in [5.74, 6) is -1.31. The third-order valence-corrected chi connectivity index (χ3v) is 3.76. The standard InChI is InChI=1S/C14H11Cl2F2N/c1-7-5-9(12(18)6-11(7)17)14(19)8-3-2-4-10(15)13(8)16/h2-6,14H,19H2,1H3. The monoisotopic (exact) mass is 301 g/mol. The molecule has 0 bridgehead atoms. The Balaban J connectivity index is 2.53. The Morgan fingerprint density at radius 3 is 2.42 bits per heavy atom. The van der Waals surface area contributed by atoms with E-state index in [0.717, 1.165) is 6.07 Å². The minimum Gasteiger partial charge on any atom is -0.320 e. The second kappa shape index (κ2) is 5.45. The first kappa shape index (κ1) is 14.3. The van der Waals surface area contributed by atoms with Crippen molar-refractivity contribution in [3.63, 3.8) is 0 Å². The summed E-state index contributed by atoms with van der Waals surface area (Å²) in [6.07, 6.45) is 0. The van der Waals surface area contributed by atoms with E-state index in [9.17, 15) is 8.78 Å². The molecule has 5 heteroatoms. The maximum atomic E-state index is 13.8. The van der Waals surface area contributed by atoms with E-state index < -0.39 is 17.7 Å². The normalized spacial score (nSPS) is 12.5. The molecule has 0 saturated heterocycles. The molecule has 2 aromatic carbocycles. The van der Waals surface area contributed by atoms with Crippen LogP contribution < -0.4 is 5.73 Å². The molecule has 0 aromatic heterocycles. The van der Waals surface area contributed by atoms with Crippen LogP contribution in [0.5, 0.6) is 0 Å². The van der Waals surface area contributed by atoms with Gasteiger partial charge in [-0.2, -0.15) is 0 Å². The fourth-order valence-electron chi connectivity index (χ4n) is 1.85. The van der Waals surface area contributed by atoms with E-state index in [2.05, 4.69) is 0 Å². The minimum atomic E-state index is -0.800. The second-order valence-electron chi connectivity index (χ2n) is 4.24. The van der Waals surface area contributed by atoms with Crippen LogP contribution in [0.2, 0.25) is 10.0 Å². The zero-order chi connectivity index (χ0) is 14.2. The van der Waals surface area contributed by atoms with Crippen molar-refractivity contribution in [2.75, 3.05) is 0 Å². The van der Waals surface area contributed by atoms with Crippen LogP contribution in [-0.4, -0.2) is 0 Å². The summed E-state index contributed by atoms with van der Waals surface area (Å²) in [5, 5.41) is 0.618. The van der Waals surface area contributed by atoms with Crippen LogP contribution in [-0.2, 0) is 0 Å². The van der Waals surface area contributed by atoms with Crippen LogP contribution in [0.4, 0.5) is 8.78 Å². The van der Waals surface area contributed by atoms with Crippen LogP contribution in [0.25, 0.3) is 0 Å². The Bertz CT molecular complexity index is 629. The molecule has 2 aromatic rings. The highest BCUT2D eigenvalue weighted by atomic mass is 35.5. The summed E-state index contributed by atoms with van der Waals surface area (Å²) in [6, 6.07) is 6.36. The predicted octanol–water partition coefficient (Wildman–Crippen LogP) is 4.63. The molecule has 1 nitrogen and oxygen atoms in total. The highest BCUT2D eigenvalue weighted by Crippen LogP contribution is 2.33. The summed E-state index contributed by atoms with van der Waals surface area (Å²) >= 11 is 12.0. The van der Waals surface area contributed by atoms with Crippen molar-refractivity contribution in [2.45, 2.75) is 13.0 Å². The lowest BCUT2D eigenvalue weighted by molar-refractivity contribution is 0.561. The molecule has 0 aliphatic carbocycles. The van der Waals surface area contributed by atoms with Gasteiger partial charge in [0.2, 0.25) is 0 Å².